The fraction of sp³-hybridized carbons (Fsp3) is 0.250. The van der Waals surface area contributed by atoms with Crippen LogP contribution in [0.25, 0.3) is 0 Å². The highest BCUT2D eigenvalue weighted by Gasteiger charge is 2.15. The number of aromatic nitrogens is 2. The van der Waals surface area contributed by atoms with Crippen molar-refractivity contribution in [3.8, 4) is 0 Å². The average Bonchev–Trinajstić information content (AvgIpc) is 2.77. The summed E-state index contributed by atoms with van der Waals surface area (Å²) < 4.78 is 5.68. The zero-order chi connectivity index (χ0) is 13.8. The van der Waals surface area contributed by atoms with Crippen molar-refractivity contribution in [2.45, 2.75) is 13.8 Å². The molecule has 0 spiro atoms. The number of carbonyl (C=O) groups excluding carboxylic acids is 1. The summed E-state index contributed by atoms with van der Waals surface area (Å²) in [5.41, 5.74) is 1.14. The summed E-state index contributed by atoms with van der Waals surface area (Å²) in [5, 5.41) is 9.38. The second kappa shape index (κ2) is 5.83. The summed E-state index contributed by atoms with van der Waals surface area (Å²) in [7, 11) is 0. The molecule has 0 aliphatic carbocycles. The Bertz CT molecular complexity index is 597. The van der Waals surface area contributed by atoms with E-state index in [4.69, 9.17) is 4.52 Å². The van der Waals surface area contributed by atoms with Crippen molar-refractivity contribution in [2.75, 3.05) is 17.2 Å². The van der Waals surface area contributed by atoms with E-state index < -0.39 is 0 Å². The molecule has 0 saturated carbocycles. The highest BCUT2D eigenvalue weighted by atomic mass is 79.9. The second-order valence-electron chi connectivity index (χ2n) is 3.87. The zero-order valence-corrected chi connectivity index (χ0v) is 12.1. The number of halogens is 1. The molecule has 1 amide bonds. The maximum atomic E-state index is 12.2. The Labute approximate surface area is 118 Å². The zero-order valence-electron chi connectivity index (χ0n) is 10.5. The Morgan fingerprint density at radius 2 is 2.26 bits per heavy atom. The van der Waals surface area contributed by atoms with Gasteiger partial charge in [0.05, 0.1) is 11.3 Å². The highest BCUT2D eigenvalue weighted by Crippen LogP contribution is 2.20. The van der Waals surface area contributed by atoms with Crippen LogP contribution in [0.1, 0.15) is 23.0 Å². The fourth-order valence-corrected chi connectivity index (χ4v) is 1.85. The van der Waals surface area contributed by atoms with Crippen LogP contribution in [-0.2, 0) is 0 Å². The van der Waals surface area contributed by atoms with Gasteiger partial charge in [-0.2, -0.15) is 0 Å². The lowest BCUT2D eigenvalue weighted by Gasteiger charge is -2.09. The third-order valence-corrected chi connectivity index (χ3v) is 2.74. The summed E-state index contributed by atoms with van der Waals surface area (Å²) >= 11 is 3.30. The molecule has 0 atom stereocenters. The molecular weight excluding hydrogens is 312 g/mol. The first-order valence-electron chi connectivity index (χ1n) is 5.74. The first-order chi connectivity index (χ1) is 9.10. The lowest BCUT2D eigenvalue weighted by molar-refractivity contribution is 0.102. The van der Waals surface area contributed by atoms with Crippen molar-refractivity contribution in [3.63, 3.8) is 0 Å². The summed E-state index contributed by atoms with van der Waals surface area (Å²) in [5.74, 6) is 0.533. The van der Waals surface area contributed by atoms with Crippen LogP contribution in [0.3, 0.4) is 0 Å². The highest BCUT2D eigenvalue weighted by molar-refractivity contribution is 9.10. The topological polar surface area (TPSA) is 80.0 Å². The van der Waals surface area contributed by atoms with Crippen LogP contribution < -0.4 is 10.6 Å². The molecule has 0 bridgehead atoms. The van der Waals surface area contributed by atoms with Gasteiger partial charge >= 0.3 is 0 Å². The lowest BCUT2D eigenvalue weighted by atomic mass is 10.2. The predicted molar refractivity (Wildman–Crippen MR) is 75.3 cm³/mol. The van der Waals surface area contributed by atoms with Crippen LogP contribution in [0, 0.1) is 6.92 Å². The molecule has 2 aromatic rings. The predicted octanol–water partition coefficient (Wildman–Crippen LogP) is 2.82. The van der Waals surface area contributed by atoms with Crippen LogP contribution in [-0.4, -0.2) is 22.6 Å². The number of nitrogens with one attached hydrogen (secondary N) is 2. The number of hydrogen-bond donors (Lipinski definition) is 2. The minimum atomic E-state index is -0.305. The number of anilines is 2. The van der Waals surface area contributed by atoms with Gasteiger partial charge in [-0.25, -0.2) is 4.98 Å². The smallest absolute Gasteiger partial charge is 0.261 e. The van der Waals surface area contributed by atoms with Gasteiger partial charge in [0.2, 0.25) is 5.88 Å². The van der Waals surface area contributed by atoms with Crippen molar-refractivity contribution < 1.29 is 9.32 Å². The van der Waals surface area contributed by atoms with Crippen molar-refractivity contribution >= 4 is 33.5 Å². The first kappa shape index (κ1) is 13.5. The molecule has 0 saturated heterocycles. The molecule has 2 N–H and O–H groups in total. The normalized spacial score (nSPS) is 10.3. The third kappa shape index (κ3) is 3.31. The minimum absolute atomic E-state index is 0.305. The summed E-state index contributed by atoms with van der Waals surface area (Å²) in [4.78, 5) is 16.3. The van der Waals surface area contributed by atoms with Crippen LogP contribution in [0.2, 0.25) is 0 Å². The van der Waals surface area contributed by atoms with E-state index in [1.165, 1.54) is 0 Å². The fourth-order valence-electron chi connectivity index (χ4n) is 1.52. The maximum absolute atomic E-state index is 12.2. The minimum Gasteiger partial charge on any atom is -0.370 e. The van der Waals surface area contributed by atoms with E-state index in [9.17, 15) is 4.79 Å². The quantitative estimate of drug-likeness (QED) is 0.903. The van der Waals surface area contributed by atoms with Crippen LogP contribution in [0.4, 0.5) is 11.7 Å². The molecule has 0 aromatic carbocycles. The molecule has 6 nitrogen and oxygen atoms in total. The van der Waals surface area contributed by atoms with Gasteiger partial charge < -0.3 is 9.84 Å². The Balaban J connectivity index is 2.24. The van der Waals surface area contributed by atoms with Gasteiger partial charge in [-0.1, -0.05) is 5.16 Å². The molecular formula is C12H13BrN4O2. The van der Waals surface area contributed by atoms with Gasteiger partial charge in [0.15, 0.2) is 0 Å². The van der Waals surface area contributed by atoms with Crippen molar-refractivity contribution in [2.24, 2.45) is 0 Å². The van der Waals surface area contributed by atoms with Gasteiger partial charge in [0, 0.05) is 23.3 Å². The van der Waals surface area contributed by atoms with E-state index in [-0.39, 0.29) is 5.91 Å². The number of amides is 1. The Kier molecular flexibility index (Phi) is 4.16. The molecule has 2 rings (SSSR count). The average molecular weight is 325 g/mol. The lowest BCUT2D eigenvalue weighted by Crippen LogP contribution is -2.15. The van der Waals surface area contributed by atoms with E-state index >= 15 is 0 Å². The Morgan fingerprint density at radius 3 is 2.89 bits per heavy atom. The van der Waals surface area contributed by atoms with Gasteiger partial charge in [0.1, 0.15) is 5.82 Å². The van der Waals surface area contributed by atoms with Crippen molar-refractivity contribution in [3.05, 3.63) is 34.1 Å². The van der Waals surface area contributed by atoms with E-state index in [0.717, 1.165) is 4.47 Å². The largest absolute Gasteiger partial charge is 0.370 e. The van der Waals surface area contributed by atoms with E-state index in [1.807, 2.05) is 6.92 Å². The van der Waals surface area contributed by atoms with Gasteiger partial charge in [-0.3, -0.25) is 10.1 Å². The summed E-state index contributed by atoms with van der Waals surface area (Å²) in [6, 6.07) is 3.35. The van der Waals surface area contributed by atoms with Crippen LogP contribution in [0.5, 0.6) is 0 Å². The molecule has 0 aliphatic heterocycles. The second-order valence-corrected chi connectivity index (χ2v) is 4.78. The number of rotatable bonds is 4. The standard InChI is InChI=1S/C12H13BrN4O2/c1-3-14-11-9(5-8(13)6-15-11)12(18)16-10-4-7(2)17-19-10/h4-6H,3H2,1-2H3,(H,14,15)(H,16,18). The molecule has 19 heavy (non-hydrogen) atoms. The Hall–Kier alpha value is -1.89. The van der Waals surface area contributed by atoms with Crippen LogP contribution >= 0.6 is 15.9 Å². The SMILES string of the molecule is CCNc1ncc(Br)cc1C(=O)Nc1cc(C)no1. The molecule has 2 aromatic heterocycles. The molecule has 0 radical (unpaired) electrons. The third-order valence-electron chi connectivity index (χ3n) is 2.31. The number of aryl methyl sites for hydroxylation is 1. The summed E-state index contributed by atoms with van der Waals surface area (Å²) in [6.45, 7) is 4.39. The number of pyridine rings is 1. The van der Waals surface area contributed by atoms with E-state index in [1.54, 1.807) is 25.3 Å². The van der Waals surface area contributed by atoms with Gasteiger partial charge in [-0.15, -0.1) is 0 Å². The Morgan fingerprint density at radius 1 is 1.47 bits per heavy atom. The van der Waals surface area contributed by atoms with E-state index in [0.29, 0.717) is 29.5 Å². The van der Waals surface area contributed by atoms with Crippen LogP contribution in [0.15, 0.2) is 27.3 Å². The maximum Gasteiger partial charge on any atom is 0.261 e. The van der Waals surface area contributed by atoms with Gasteiger partial charge in [0.25, 0.3) is 5.91 Å². The summed E-state index contributed by atoms with van der Waals surface area (Å²) in [6.07, 6.45) is 1.63. The molecule has 0 fully saturated rings. The number of hydrogen-bond acceptors (Lipinski definition) is 5. The van der Waals surface area contributed by atoms with Crippen molar-refractivity contribution in [1.29, 1.82) is 0 Å². The molecule has 0 aliphatic rings. The molecule has 2 heterocycles. The first-order valence-corrected chi connectivity index (χ1v) is 6.53. The van der Waals surface area contributed by atoms with Crippen molar-refractivity contribution in [1.82, 2.24) is 10.1 Å². The van der Waals surface area contributed by atoms with Gasteiger partial charge in [-0.05, 0) is 35.8 Å². The molecule has 0 unspecified atom stereocenters. The molecule has 100 valence electrons. The van der Waals surface area contributed by atoms with E-state index in [2.05, 4.69) is 36.7 Å². The number of carbonyl (C=O) groups is 1. The molecule has 7 heteroatoms. The number of nitrogens with zero attached hydrogens (tertiary/aromatic N) is 2. The monoisotopic (exact) mass is 324 g/mol.